The molecule has 0 saturated heterocycles. The highest BCUT2D eigenvalue weighted by atomic mass is 35.5. The van der Waals surface area contributed by atoms with Gasteiger partial charge in [-0.3, -0.25) is 4.79 Å². The van der Waals surface area contributed by atoms with Gasteiger partial charge < -0.3 is 11.1 Å². The average Bonchev–Trinajstić information content (AvgIpc) is 3.00. The highest BCUT2D eigenvalue weighted by molar-refractivity contribution is 6.31. The molecule has 21 heavy (non-hydrogen) atoms. The Bertz CT molecular complexity index is 621. The fraction of sp³-hybridized carbons (Fsp3) is 0.333. The molecule has 0 fully saturated rings. The normalized spacial score (nSPS) is 13.7. The summed E-state index contributed by atoms with van der Waals surface area (Å²) in [6.45, 7) is 4.08. The number of nitrogens with two attached hydrogens (primary N) is 1. The number of amides is 1. The van der Waals surface area contributed by atoms with Gasteiger partial charge >= 0.3 is 0 Å². The Balaban J connectivity index is 2.36. The maximum Gasteiger partial charge on any atom is 0.231 e. The number of rotatable bonds is 5. The van der Waals surface area contributed by atoms with E-state index in [1.54, 1.807) is 29.2 Å². The number of hydrogen-bond acceptors (Lipinski definition) is 3. The number of anilines is 1. The fourth-order valence-corrected chi connectivity index (χ4v) is 2.06. The zero-order chi connectivity index (χ0) is 15.5. The first-order valence-corrected chi connectivity index (χ1v) is 7.19. The smallest absolute Gasteiger partial charge is 0.231 e. The molecule has 6 heteroatoms. The minimum Gasteiger partial charge on any atom is -0.329 e. The first kappa shape index (κ1) is 15.5. The van der Waals surface area contributed by atoms with Gasteiger partial charge in [-0.2, -0.15) is 5.10 Å². The van der Waals surface area contributed by atoms with Crippen molar-refractivity contribution >= 4 is 23.2 Å². The van der Waals surface area contributed by atoms with Crippen LogP contribution in [-0.2, 0) is 4.79 Å². The van der Waals surface area contributed by atoms with Gasteiger partial charge in [-0.1, -0.05) is 18.5 Å². The zero-order valence-corrected chi connectivity index (χ0v) is 12.9. The molecule has 1 unspecified atom stereocenters. The Labute approximate surface area is 129 Å². The molecule has 0 spiro atoms. The predicted octanol–water partition coefficient (Wildman–Crippen LogP) is 2.84. The van der Waals surface area contributed by atoms with Crippen LogP contribution >= 0.6 is 11.6 Å². The molecule has 1 heterocycles. The molecular weight excluding hydrogens is 288 g/mol. The second-order valence-corrected chi connectivity index (χ2v) is 5.62. The molecule has 1 amide bonds. The molecular formula is C15H19ClN4O. The Morgan fingerprint density at radius 1 is 1.52 bits per heavy atom. The minimum absolute atomic E-state index is 0.122. The van der Waals surface area contributed by atoms with Gasteiger partial charge in [0.1, 0.15) is 0 Å². The topological polar surface area (TPSA) is 72.9 Å². The van der Waals surface area contributed by atoms with E-state index in [0.717, 1.165) is 5.69 Å². The zero-order valence-electron chi connectivity index (χ0n) is 12.1. The summed E-state index contributed by atoms with van der Waals surface area (Å²) in [5.74, 6) is -0.122. The summed E-state index contributed by atoms with van der Waals surface area (Å²) in [6, 6.07) is 7.10. The van der Waals surface area contributed by atoms with Crippen LogP contribution in [0.3, 0.4) is 0 Å². The summed E-state index contributed by atoms with van der Waals surface area (Å²) in [7, 11) is 0. The van der Waals surface area contributed by atoms with Gasteiger partial charge in [0.05, 0.1) is 16.8 Å². The minimum atomic E-state index is -0.607. The highest BCUT2D eigenvalue weighted by Gasteiger charge is 2.30. The molecule has 2 aromatic rings. The SMILES string of the molecule is CCC(C)(CN)C(=O)Nc1cc(Cl)ccc1-n1cccn1. The molecule has 1 aromatic heterocycles. The van der Waals surface area contributed by atoms with Crippen LogP contribution in [0.5, 0.6) is 0 Å². The first-order valence-electron chi connectivity index (χ1n) is 6.81. The largest absolute Gasteiger partial charge is 0.329 e. The van der Waals surface area contributed by atoms with Gasteiger partial charge in [-0.05, 0) is 37.6 Å². The van der Waals surface area contributed by atoms with Gasteiger partial charge in [0.25, 0.3) is 0 Å². The van der Waals surface area contributed by atoms with Gasteiger partial charge in [0.2, 0.25) is 5.91 Å². The number of benzene rings is 1. The van der Waals surface area contributed by atoms with Crippen molar-refractivity contribution in [3.8, 4) is 5.69 Å². The monoisotopic (exact) mass is 306 g/mol. The van der Waals surface area contributed by atoms with E-state index in [1.165, 1.54) is 0 Å². The second kappa shape index (κ2) is 6.28. The van der Waals surface area contributed by atoms with E-state index >= 15 is 0 Å². The van der Waals surface area contributed by atoms with Gasteiger partial charge in [-0.25, -0.2) is 4.68 Å². The Morgan fingerprint density at radius 2 is 2.29 bits per heavy atom. The predicted molar refractivity (Wildman–Crippen MR) is 84.7 cm³/mol. The molecule has 3 N–H and O–H groups in total. The lowest BCUT2D eigenvalue weighted by molar-refractivity contribution is -0.124. The Kier molecular flexibility index (Phi) is 4.65. The van der Waals surface area contributed by atoms with E-state index in [4.69, 9.17) is 17.3 Å². The molecule has 1 atom stereocenters. The molecule has 0 radical (unpaired) electrons. The first-order chi connectivity index (χ1) is 10.00. The van der Waals surface area contributed by atoms with Crippen LogP contribution in [0, 0.1) is 5.41 Å². The van der Waals surface area contributed by atoms with Crippen molar-refractivity contribution in [2.75, 3.05) is 11.9 Å². The van der Waals surface area contributed by atoms with Crippen LogP contribution in [0.25, 0.3) is 5.69 Å². The standard InChI is InChI=1S/C15H19ClN4O/c1-3-15(2,10-17)14(21)19-12-9-11(16)5-6-13(12)20-8-4-7-18-20/h4-9H,3,10,17H2,1-2H3,(H,19,21). The van der Waals surface area contributed by atoms with E-state index in [2.05, 4.69) is 10.4 Å². The maximum atomic E-state index is 12.5. The lowest BCUT2D eigenvalue weighted by atomic mass is 9.86. The van der Waals surface area contributed by atoms with Gasteiger partial charge in [-0.15, -0.1) is 0 Å². The summed E-state index contributed by atoms with van der Waals surface area (Å²) >= 11 is 6.04. The molecule has 5 nitrogen and oxygen atoms in total. The van der Waals surface area contributed by atoms with E-state index in [0.29, 0.717) is 17.1 Å². The molecule has 0 saturated carbocycles. The Morgan fingerprint density at radius 3 is 2.86 bits per heavy atom. The van der Waals surface area contributed by atoms with Crippen LogP contribution in [0.2, 0.25) is 5.02 Å². The summed E-state index contributed by atoms with van der Waals surface area (Å²) < 4.78 is 1.68. The average molecular weight is 307 g/mol. The van der Waals surface area contributed by atoms with E-state index in [1.807, 2.05) is 26.0 Å². The van der Waals surface area contributed by atoms with E-state index < -0.39 is 5.41 Å². The summed E-state index contributed by atoms with van der Waals surface area (Å²) in [5, 5.41) is 7.65. The number of carbonyl (C=O) groups is 1. The molecule has 2 rings (SSSR count). The number of carbonyl (C=O) groups excluding carboxylic acids is 1. The van der Waals surface area contributed by atoms with Crippen molar-refractivity contribution in [2.24, 2.45) is 11.1 Å². The van der Waals surface area contributed by atoms with Gasteiger partial charge in [0.15, 0.2) is 0 Å². The van der Waals surface area contributed by atoms with Crippen molar-refractivity contribution in [3.63, 3.8) is 0 Å². The van der Waals surface area contributed by atoms with Crippen LogP contribution in [0.15, 0.2) is 36.7 Å². The van der Waals surface area contributed by atoms with Gasteiger partial charge in [0, 0.05) is 24.0 Å². The van der Waals surface area contributed by atoms with E-state index in [-0.39, 0.29) is 12.5 Å². The highest BCUT2D eigenvalue weighted by Crippen LogP contribution is 2.27. The fourth-order valence-electron chi connectivity index (χ4n) is 1.89. The third kappa shape index (κ3) is 3.25. The van der Waals surface area contributed by atoms with Crippen molar-refractivity contribution < 1.29 is 4.79 Å². The summed E-state index contributed by atoms with van der Waals surface area (Å²) in [5.41, 5.74) is 6.50. The summed E-state index contributed by atoms with van der Waals surface area (Å²) in [4.78, 5) is 12.5. The number of halogens is 1. The van der Waals surface area contributed by atoms with Crippen molar-refractivity contribution in [1.82, 2.24) is 9.78 Å². The van der Waals surface area contributed by atoms with Crippen molar-refractivity contribution in [1.29, 1.82) is 0 Å². The van der Waals surface area contributed by atoms with Crippen molar-refractivity contribution in [3.05, 3.63) is 41.7 Å². The van der Waals surface area contributed by atoms with Crippen LogP contribution in [-0.4, -0.2) is 22.2 Å². The molecule has 1 aromatic carbocycles. The lowest BCUT2D eigenvalue weighted by Crippen LogP contribution is -2.39. The Hall–Kier alpha value is -1.85. The lowest BCUT2D eigenvalue weighted by Gasteiger charge is -2.25. The van der Waals surface area contributed by atoms with E-state index in [9.17, 15) is 4.79 Å². The molecule has 112 valence electrons. The molecule has 0 aliphatic carbocycles. The number of hydrogen-bond donors (Lipinski definition) is 2. The third-order valence-corrected chi connectivity index (χ3v) is 3.97. The number of aromatic nitrogens is 2. The third-order valence-electron chi connectivity index (χ3n) is 3.74. The maximum absolute atomic E-state index is 12.5. The second-order valence-electron chi connectivity index (χ2n) is 5.18. The summed E-state index contributed by atoms with van der Waals surface area (Å²) in [6.07, 6.45) is 4.14. The number of nitrogens with zero attached hydrogens (tertiary/aromatic N) is 2. The van der Waals surface area contributed by atoms with Crippen LogP contribution in [0.1, 0.15) is 20.3 Å². The molecule has 0 bridgehead atoms. The molecule has 0 aliphatic rings. The number of nitrogens with one attached hydrogen (secondary N) is 1. The van der Waals surface area contributed by atoms with Crippen LogP contribution < -0.4 is 11.1 Å². The quantitative estimate of drug-likeness (QED) is 0.892. The molecule has 0 aliphatic heterocycles. The van der Waals surface area contributed by atoms with Crippen molar-refractivity contribution in [2.45, 2.75) is 20.3 Å². The van der Waals surface area contributed by atoms with Crippen LogP contribution in [0.4, 0.5) is 5.69 Å².